The van der Waals surface area contributed by atoms with Crippen molar-refractivity contribution in [1.29, 1.82) is 0 Å². The Balaban J connectivity index is 2.14. The average molecular weight is 173 g/mol. The number of aromatic nitrogens is 1. The van der Waals surface area contributed by atoms with Crippen molar-refractivity contribution in [2.24, 2.45) is 5.92 Å². The molecule has 2 atom stereocenters. The van der Waals surface area contributed by atoms with Crippen LogP contribution in [0.1, 0.15) is 36.7 Å². The largest absolute Gasteiger partial charge is 0.258 e. The summed E-state index contributed by atoms with van der Waals surface area (Å²) >= 11 is 0. The number of pyridine rings is 1. The fourth-order valence-electron chi connectivity index (χ4n) is 3.05. The molecule has 0 N–H and O–H groups in total. The van der Waals surface area contributed by atoms with E-state index in [-0.39, 0.29) is 0 Å². The lowest BCUT2D eigenvalue weighted by Gasteiger charge is -2.11. The molecule has 1 aromatic rings. The van der Waals surface area contributed by atoms with E-state index in [0.717, 1.165) is 5.92 Å². The van der Waals surface area contributed by atoms with Crippen molar-refractivity contribution in [2.75, 3.05) is 0 Å². The molecule has 1 saturated carbocycles. The van der Waals surface area contributed by atoms with Crippen LogP contribution in [0.15, 0.2) is 12.1 Å². The highest BCUT2D eigenvalue weighted by molar-refractivity contribution is 5.44. The summed E-state index contributed by atoms with van der Waals surface area (Å²) in [7, 11) is 0. The maximum absolute atomic E-state index is 4.63. The number of hydrogen-bond donors (Lipinski definition) is 0. The van der Waals surface area contributed by atoms with E-state index in [1.165, 1.54) is 30.7 Å². The molecule has 13 heavy (non-hydrogen) atoms. The van der Waals surface area contributed by atoms with Gasteiger partial charge in [0.05, 0.1) is 0 Å². The maximum atomic E-state index is 4.63. The first-order valence-corrected chi connectivity index (χ1v) is 5.23. The molecular weight excluding hydrogens is 158 g/mol. The van der Waals surface area contributed by atoms with Crippen molar-refractivity contribution in [1.82, 2.24) is 4.98 Å². The minimum Gasteiger partial charge on any atom is -0.258 e. The molecular formula is C12H15N. The molecule has 2 aliphatic rings. The van der Waals surface area contributed by atoms with Gasteiger partial charge in [0.1, 0.15) is 0 Å². The number of fused-ring (bicyclic) bond motifs is 3. The molecule has 1 fully saturated rings. The lowest BCUT2D eigenvalue weighted by Crippen LogP contribution is -2.05. The normalized spacial score (nSPS) is 34.2. The lowest BCUT2D eigenvalue weighted by molar-refractivity contribution is 0.624. The molecule has 3 rings (SSSR count). The molecule has 0 radical (unpaired) electrons. The first kappa shape index (κ1) is 7.54. The molecule has 0 aromatic carbocycles. The number of hydrogen-bond acceptors (Lipinski definition) is 1. The number of aryl methyl sites for hydroxylation is 1. The third kappa shape index (κ3) is 0.800. The van der Waals surface area contributed by atoms with Crippen molar-refractivity contribution in [2.45, 2.75) is 38.5 Å². The van der Waals surface area contributed by atoms with E-state index in [1.54, 1.807) is 5.56 Å². The highest BCUT2D eigenvalue weighted by Gasteiger charge is 2.58. The summed E-state index contributed by atoms with van der Waals surface area (Å²) in [6, 6.07) is 4.48. The van der Waals surface area contributed by atoms with Gasteiger partial charge >= 0.3 is 0 Å². The molecule has 0 amide bonds. The highest BCUT2D eigenvalue weighted by Crippen LogP contribution is 2.63. The first-order chi connectivity index (χ1) is 6.26. The summed E-state index contributed by atoms with van der Waals surface area (Å²) in [6.07, 6.45) is 3.96. The standard InChI is InChI=1S/C12H15N/c1-3-12-7-9(12)6-11-10(12)5-4-8(2)13-11/h4-5,9H,3,6-7H2,1-2H3. The third-order valence-electron chi connectivity index (χ3n) is 3.95. The van der Waals surface area contributed by atoms with E-state index in [1.807, 2.05) is 0 Å². The van der Waals surface area contributed by atoms with Gasteiger partial charge in [0.2, 0.25) is 0 Å². The Morgan fingerprint density at radius 2 is 2.38 bits per heavy atom. The quantitative estimate of drug-likeness (QED) is 0.636. The zero-order chi connectivity index (χ0) is 9.05. The van der Waals surface area contributed by atoms with E-state index in [0.29, 0.717) is 5.41 Å². The van der Waals surface area contributed by atoms with Crippen molar-refractivity contribution < 1.29 is 0 Å². The second kappa shape index (κ2) is 2.14. The van der Waals surface area contributed by atoms with Gasteiger partial charge in [0.15, 0.2) is 0 Å². The second-order valence-corrected chi connectivity index (χ2v) is 4.56. The molecule has 0 saturated heterocycles. The van der Waals surface area contributed by atoms with Crippen LogP contribution >= 0.6 is 0 Å². The van der Waals surface area contributed by atoms with Crippen LogP contribution < -0.4 is 0 Å². The topological polar surface area (TPSA) is 12.9 Å². The van der Waals surface area contributed by atoms with Gasteiger partial charge in [-0.1, -0.05) is 13.0 Å². The van der Waals surface area contributed by atoms with Gasteiger partial charge in [-0.3, -0.25) is 4.98 Å². The minimum absolute atomic E-state index is 0.566. The van der Waals surface area contributed by atoms with Crippen molar-refractivity contribution >= 4 is 0 Å². The van der Waals surface area contributed by atoms with Crippen molar-refractivity contribution in [3.8, 4) is 0 Å². The van der Waals surface area contributed by atoms with Crippen LogP contribution in [-0.2, 0) is 11.8 Å². The number of nitrogens with zero attached hydrogens (tertiary/aromatic N) is 1. The van der Waals surface area contributed by atoms with Crippen LogP contribution in [0.2, 0.25) is 0 Å². The Morgan fingerprint density at radius 1 is 1.54 bits per heavy atom. The summed E-state index contributed by atoms with van der Waals surface area (Å²) in [6.45, 7) is 4.40. The van der Waals surface area contributed by atoms with E-state index in [4.69, 9.17) is 0 Å². The third-order valence-corrected chi connectivity index (χ3v) is 3.95. The van der Waals surface area contributed by atoms with E-state index < -0.39 is 0 Å². The van der Waals surface area contributed by atoms with Gasteiger partial charge in [-0.25, -0.2) is 0 Å². The lowest BCUT2D eigenvalue weighted by atomic mass is 9.95. The summed E-state index contributed by atoms with van der Waals surface area (Å²) in [4.78, 5) is 4.63. The van der Waals surface area contributed by atoms with Gasteiger partial charge in [-0.15, -0.1) is 0 Å². The molecule has 2 unspecified atom stereocenters. The summed E-state index contributed by atoms with van der Waals surface area (Å²) < 4.78 is 0. The number of rotatable bonds is 1. The Labute approximate surface area is 79.2 Å². The summed E-state index contributed by atoms with van der Waals surface area (Å²) in [5.41, 5.74) is 4.69. The smallest absolute Gasteiger partial charge is 0.0447 e. The predicted molar refractivity (Wildman–Crippen MR) is 52.8 cm³/mol. The first-order valence-electron chi connectivity index (χ1n) is 5.23. The van der Waals surface area contributed by atoms with Crippen LogP contribution in [0.4, 0.5) is 0 Å². The summed E-state index contributed by atoms with van der Waals surface area (Å²) in [5.74, 6) is 0.932. The Hall–Kier alpha value is -0.850. The Bertz CT molecular complexity index is 365. The van der Waals surface area contributed by atoms with E-state index >= 15 is 0 Å². The van der Waals surface area contributed by atoms with Crippen LogP contribution in [0.3, 0.4) is 0 Å². The molecule has 1 heteroatoms. The molecule has 1 aromatic heterocycles. The molecule has 1 nitrogen and oxygen atoms in total. The molecule has 0 aliphatic heterocycles. The zero-order valence-electron chi connectivity index (χ0n) is 8.30. The fourth-order valence-corrected chi connectivity index (χ4v) is 3.05. The SMILES string of the molecule is CCC12CC1Cc1nc(C)ccc12. The van der Waals surface area contributed by atoms with Gasteiger partial charge in [0.25, 0.3) is 0 Å². The summed E-state index contributed by atoms with van der Waals surface area (Å²) in [5, 5.41) is 0. The molecule has 0 bridgehead atoms. The van der Waals surface area contributed by atoms with Crippen LogP contribution in [0.25, 0.3) is 0 Å². The predicted octanol–water partition coefficient (Wildman–Crippen LogP) is 2.61. The van der Waals surface area contributed by atoms with Gasteiger partial charge in [0, 0.05) is 16.8 Å². The van der Waals surface area contributed by atoms with Crippen LogP contribution in [0.5, 0.6) is 0 Å². The highest BCUT2D eigenvalue weighted by atomic mass is 14.8. The van der Waals surface area contributed by atoms with E-state index in [9.17, 15) is 0 Å². The van der Waals surface area contributed by atoms with Gasteiger partial charge < -0.3 is 0 Å². The van der Waals surface area contributed by atoms with Gasteiger partial charge in [-0.05, 0) is 43.7 Å². The molecule has 68 valence electrons. The Morgan fingerprint density at radius 3 is 3.15 bits per heavy atom. The zero-order valence-corrected chi connectivity index (χ0v) is 8.30. The molecule has 0 spiro atoms. The molecule has 2 aliphatic carbocycles. The Kier molecular flexibility index (Phi) is 1.24. The van der Waals surface area contributed by atoms with Crippen LogP contribution in [-0.4, -0.2) is 4.98 Å². The van der Waals surface area contributed by atoms with E-state index in [2.05, 4.69) is 31.0 Å². The van der Waals surface area contributed by atoms with Crippen molar-refractivity contribution in [3.05, 3.63) is 29.1 Å². The van der Waals surface area contributed by atoms with Crippen LogP contribution in [0, 0.1) is 12.8 Å². The molecule has 1 heterocycles. The van der Waals surface area contributed by atoms with Crippen molar-refractivity contribution in [3.63, 3.8) is 0 Å². The fraction of sp³-hybridized carbons (Fsp3) is 0.583. The second-order valence-electron chi connectivity index (χ2n) is 4.56. The minimum atomic E-state index is 0.566. The maximum Gasteiger partial charge on any atom is 0.0447 e. The monoisotopic (exact) mass is 173 g/mol. The average Bonchev–Trinajstić information content (AvgIpc) is 2.74. The van der Waals surface area contributed by atoms with Gasteiger partial charge in [-0.2, -0.15) is 0 Å².